The first-order valence-corrected chi connectivity index (χ1v) is 7.99. The van der Waals surface area contributed by atoms with Gasteiger partial charge < -0.3 is 20.3 Å². The van der Waals surface area contributed by atoms with Gasteiger partial charge in [0, 0.05) is 19.1 Å². The van der Waals surface area contributed by atoms with Gasteiger partial charge in [0.05, 0.1) is 16.8 Å². The van der Waals surface area contributed by atoms with Crippen molar-refractivity contribution in [1.82, 2.24) is 15.0 Å². The fraction of sp³-hybridized carbons (Fsp3) is 0.222. The number of methoxy groups -OCH3 is 1. The van der Waals surface area contributed by atoms with Crippen LogP contribution in [0.4, 0.5) is 5.95 Å². The number of aromatic nitrogens is 3. The number of nitrogens with two attached hydrogens (primary N) is 1. The molecule has 0 aliphatic heterocycles. The summed E-state index contributed by atoms with van der Waals surface area (Å²) in [6.07, 6.45) is 0.144. The number of pyridine rings is 1. The van der Waals surface area contributed by atoms with Crippen molar-refractivity contribution < 1.29 is 19.4 Å². The van der Waals surface area contributed by atoms with E-state index in [1.165, 1.54) is 12.1 Å². The van der Waals surface area contributed by atoms with Crippen LogP contribution >= 0.6 is 0 Å². The molecular formula is C18H18N4O4. The van der Waals surface area contributed by atoms with E-state index < -0.39 is 12.3 Å². The number of anilines is 1. The van der Waals surface area contributed by atoms with Crippen LogP contribution in [0.25, 0.3) is 22.3 Å². The second-order valence-corrected chi connectivity index (χ2v) is 5.53. The number of fused-ring (bicyclic) bond motifs is 1. The monoisotopic (exact) mass is 354 g/mol. The number of carbonyl (C=O) groups is 1. The highest BCUT2D eigenvalue weighted by Crippen LogP contribution is 2.27. The SMILES string of the molecule is CC[C@H](OC)Oc1nc(N)nc2ccc(-c3ccc(C(=O)O)cc3)nc12. The van der Waals surface area contributed by atoms with E-state index in [0.717, 1.165) is 5.56 Å². The van der Waals surface area contributed by atoms with Crippen LogP contribution in [0.15, 0.2) is 36.4 Å². The molecule has 0 amide bonds. The number of aromatic carboxylic acids is 1. The van der Waals surface area contributed by atoms with Crippen LogP contribution in [0, 0.1) is 0 Å². The Labute approximate surface area is 149 Å². The molecule has 0 aliphatic carbocycles. The molecule has 0 unspecified atom stereocenters. The number of hydrogen-bond donors (Lipinski definition) is 2. The highest BCUT2D eigenvalue weighted by atomic mass is 16.7. The lowest BCUT2D eigenvalue weighted by Crippen LogP contribution is -2.18. The Kier molecular flexibility index (Phi) is 4.94. The van der Waals surface area contributed by atoms with E-state index in [1.54, 1.807) is 31.4 Å². The van der Waals surface area contributed by atoms with E-state index in [2.05, 4.69) is 15.0 Å². The van der Waals surface area contributed by atoms with Gasteiger partial charge in [-0.3, -0.25) is 0 Å². The molecular weight excluding hydrogens is 336 g/mol. The van der Waals surface area contributed by atoms with E-state index >= 15 is 0 Å². The van der Waals surface area contributed by atoms with Crippen molar-refractivity contribution in [1.29, 1.82) is 0 Å². The van der Waals surface area contributed by atoms with E-state index in [0.29, 0.717) is 23.1 Å². The molecule has 8 heteroatoms. The summed E-state index contributed by atoms with van der Waals surface area (Å²) in [4.78, 5) is 23.9. The molecule has 0 radical (unpaired) electrons. The molecule has 3 rings (SSSR count). The van der Waals surface area contributed by atoms with Crippen LogP contribution in [-0.2, 0) is 4.74 Å². The Morgan fingerprint density at radius 3 is 2.50 bits per heavy atom. The van der Waals surface area contributed by atoms with Crippen molar-refractivity contribution in [2.45, 2.75) is 19.6 Å². The molecule has 3 aromatic rings. The molecule has 0 saturated carbocycles. The van der Waals surface area contributed by atoms with Crippen LogP contribution in [0.1, 0.15) is 23.7 Å². The van der Waals surface area contributed by atoms with Gasteiger partial charge in [0.2, 0.25) is 18.1 Å². The Morgan fingerprint density at radius 2 is 1.88 bits per heavy atom. The topological polar surface area (TPSA) is 120 Å². The maximum atomic E-state index is 11.0. The summed E-state index contributed by atoms with van der Waals surface area (Å²) in [7, 11) is 1.55. The molecule has 0 aliphatic rings. The molecule has 0 saturated heterocycles. The molecule has 134 valence electrons. The van der Waals surface area contributed by atoms with E-state index in [-0.39, 0.29) is 17.4 Å². The first kappa shape index (κ1) is 17.6. The number of nitrogen functional groups attached to an aromatic ring is 1. The average molecular weight is 354 g/mol. The van der Waals surface area contributed by atoms with Gasteiger partial charge in [0.1, 0.15) is 0 Å². The number of nitrogens with zero attached hydrogens (tertiary/aromatic N) is 3. The van der Waals surface area contributed by atoms with Crippen LogP contribution < -0.4 is 10.5 Å². The third-order valence-corrected chi connectivity index (χ3v) is 3.79. The predicted molar refractivity (Wildman–Crippen MR) is 95.9 cm³/mol. The zero-order chi connectivity index (χ0) is 18.7. The van der Waals surface area contributed by atoms with Crippen molar-refractivity contribution in [2.24, 2.45) is 0 Å². The second-order valence-electron chi connectivity index (χ2n) is 5.53. The Bertz CT molecular complexity index is 940. The number of carboxylic acid groups (broad SMARTS) is 1. The largest absolute Gasteiger partial charge is 0.478 e. The molecule has 2 heterocycles. The van der Waals surface area contributed by atoms with Gasteiger partial charge in [0.25, 0.3) is 0 Å². The third kappa shape index (κ3) is 3.55. The maximum Gasteiger partial charge on any atom is 0.335 e. The fourth-order valence-corrected chi connectivity index (χ4v) is 2.45. The maximum absolute atomic E-state index is 11.0. The van der Waals surface area contributed by atoms with Crippen LogP contribution in [0.2, 0.25) is 0 Å². The number of hydrogen-bond acceptors (Lipinski definition) is 7. The molecule has 3 N–H and O–H groups in total. The van der Waals surface area contributed by atoms with E-state index in [9.17, 15) is 4.79 Å². The summed E-state index contributed by atoms with van der Waals surface area (Å²) >= 11 is 0. The summed E-state index contributed by atoms with van der Waals surface area (Å²) in [5.74, 6) is -0.656. The van der Waals surface area contributed by atoms with Gasteiger partial charge in [-0.25, -0.2) is 14.8 Å². The summed E-state index contributed by atoms with van der Waals surface area (Å²) in [6.45, 7) is 1.92. The molecule has 26 heavy (non-hydrogen) atoms. The van der Waals surface area contributed by atoms with Crippen LogP contribution in [-0.4, -0.2) is 39.4 Å². The molecule has 0 spiro atoms. The van der Waals surface area contributed by atoms with Gasteiger partial charge in [-0.2, -0.15) is 4.98 Å². The standard InChI is InChI=1S/C18H18N4O4/c1-3-14(25-2)26-16-15-13(21-18(19)22-16)9-8-12(20-15)10-4-6-11(7-5-10)17(23)24/h4-9,14H,3H2,1-2H3,(H,23,24)(H2,19,21,22)/t14-/m1/s1. The lowest BCUT2D eigenvalue weighted by Gasteiger charge is -2.16. The highest BCUT2D eigenvalue weighted by Gasteiger charge is 2.15. The van der Waals surface area contributed by atoms with Crippen molar-refractivity contribution in [3.8, 4) is 17.1 Å². The quantitative estimate of drug-likeness (QED) is 0.648. The number of rotatable bonds is 6. The summed E-state index contributed by atoms with van der Waals surface area (Å²) in [5, 5.41) is 9.01. The predicted octanol–water partition coefficient (Wildman–Crippen LogP) is 2.73. The number of carboxylic acids is 1. The lowest BCUT2D eigenvalue weighted by atomic mass is 10.1. The minimum Gasteiger partial charge on any atom is -0.478 e. The highest BCUT2D eigenvalue weighted by molar-refractivity contribution is 5.88. The van der Waals surface area contributed by atoms with E-state index in [4.69, 9.17) is 20.3 Å². The lowest BCUT2D eigenvalue weighted by molar-refractivity contribution is -0.0564. The molecule has 2 aromatic heterocycles. The summed E-state index contributed by atoms with van der Waals surface area (Å²) < 4.78 is 11.0. The Morgan fingerprint density at radius 1 is 1.15 bits per heavy atom. The van der Waals surface area contributed by atoms with Gasteiger partial charge >= 0.3 is 5.97 Å². The van der Waals surface area contributed by atoms with Gasteiger partial charge in [-0.05, 0) is 24.3 Å². The van der Waals surface area contributed by atoms with Gasteiger partial charge in [-0.15, -0.1) is 0 Å². The summed E-state index contributed by atoms with van der Waals surface area (Å²) in [5.41, 5.74) is 8.36. The average Bonchev–Trinajstić information content (AvgIpc) is 2.65. The molecule has 8 nitrogen and oxygen atoms in total. The van der Waals surface area contributed by atoms with Crippen LogP contribution in [0.5, 0.6) is 5.88 Å². The zero-order valence-electron chi connectivity index (χ0n) is 14.3. The Balaban J connectivity index is 2.06. The Hall–Kier alpha value is -3.26. The number of ether oxygens (including phenoxy) is 2. The first-order valence-electron chi connectivity index (χ1n) is 7.99. The summed E-state index contributed by atoms with van der Waals surface area (Å²) in [6, 6.07) is 9.99. The van der Waals surface area contributed by atoms with Crippen molar-refractivity contribution >= 4 is 23.0 Å². The van der Waals surface area contributed by atoms with Gasteiger partial charge in [0.15, 0.2) is 5.52 Å². The number of benzene rings is 1. The van der Waals surface area contributed by atoms with Gasteiger partial charge in [-0.1, -0.05) is 19.1 Å². The smallest absolute Gasteiger partial charge is 0.335 e. The zero-order valence-corrected chi connectivity index (χ0v) is 14.3. The molecule has 1 aromatic carbocycles. The van der Waals surface area contributed by atoms with Crippen molar-refractivity contribution in [3.05, 3.63) is 42.0 Å². The van der Waals surface area contributed by atoms with Crippen molar-refractivity contribution in [3.63, 3.8) is 0 Å². The molecule has 0 bridgehead atoms. The fourth-order valence-electron chi connectivity index (χ4n) is 2.45. The minimum atomic E-state index is -0.979. The first-order chi connectivity index (χ1) is 12.5. The third-order valence-electron chi connectivity index (χ3n) is 3.79. The normalized spacial score (nSPS) is 12.1. The van der Waals surface area contributed by atoms with Crippen molar-refractivity contribution in [2.75, 3.05) is 12.8 Å². The molecule has 1 atom stereocenters. The minimum absolute atomic E-state index is 0.0822. The molecule has 0 fully saturated rings. The van der Waals surface area contributed by atoms with Crippen LogP contribution in [0.3, 0.4) is 0 Å². The van der Waals surface area contributed by atoms with E-state index in [1.807, 2.05) is 6.92 Å². The second kappa shape index (κ2) is 7.32.